The molecule has 0 atom stereocenters. The van der Waals surface area contributed by atoms with Crippen molar-refractivity contribution in [2.75, 3.05) is 31.5 Å². The van der Waals surface area contributed by atoms with Gasteiger partial charge in [-0.25, -0.2) is 4.73 Å². The lowest BCUT2D eigenvalue weighted by Gasteiger charge is -2.17. The molecule has 0 bridgehead atoms. The third-order valence-electron chi connectivity index (χ3n) is 3.80. The highest BCUT2D eigenvalue weighted by atomic mass is 16.6. The summed E-state index contributed by atoms with van der Waals surface area (Å²) >= 11 is 0. The quantitative estimate of drug-likeness (QED) is 0.245. The molecule has 24 heavy (non-hydrogen) atoms. The second-order valence-corrected chi connectivity index (χ2v) is 5.23. The molecule has 1 aromatic heterocycles. The summed E-state index contributed by atoms with van der Waals surface area (Å²) < 4.78 is 0.477. The van der Waals surface area contributed by atoms with E-state index in [4.69, 9.17) is 0 Å². The number of rotatable bonds is 8. The number of aromatic nitrogens is 3. The molecule has 0 aliphatic heterocycles. The van der Waals surface area contributed by atoms with Gasteiger partial charge in [-0.05, 0) is 25.6 Å². The average molecular weight is 336 g/mol. The summed E-state index contributed by atoms with van der Waals surface area (Å²) in [6.45, 7) is 7.41. The van der Waals surface area contributed by atoms with Crippen molar-refractivity contribution in [2.45, 2.75) is 20.3 Å². The van der Waals surface area contributed by atoms with Gasteiger partial charge in [0.15, 0.2) is 5.52 Å². The fourth-order valence-electron chi connectivity index (χ4n) is 2.39. The predicted octanol–water partition coefficient (Wildman–Crippen LogP) is 0.554. The first-order valence-electron chi connectivity index (χ1n) is 7.75. The Balaban J connectivity index is 2.16. The topological polar surface area (TPSA) is 125 Å². The van der Waals surface area contributed by atoms with Gasteiger partial charge in [-0.1, -0.05) is 13.8 Å². The molecule has 1 heterocycles. The highest BCUT2D eigenvalue weighted by Gasteiger charge is 2.22. The van der Waals surface area contributed by atoms with Gasteiger partial charge < -0.3 is 15.3 Å². The summed E-state index contributed by atoms with van der Waals surface area (Å²) in [4.78, 5) is 12.6. The lowest BCUT2D eigenvalue weighted by Crippen LogP contribution is -2.44. The van der Waals surface area contributed by atoms with E-state index in [1.54, 1.807) is 0 Å². The Morgan fingerprint density at radius 1 is 1.25 bits per heavy atom. The molecule has 0 saturated heterocycles. The molecule has 0 amide bonds. The fraction of sp³-hybridized carbons (Fsp3) is 0.500. The van der Waals surface area contributed by atoms with E-state index in [9.17, 15) is 20.5 Å². The number of hydrogen-bond donors (Lipinski definition) is 1. The summed E-state index contributed by atoms with van der Waals surface area (Å²) in [5, 5.41) is 41.4. The van der Waals surface area contributed by atoms with E-state index in [1.807, 2.05) is 0 Å². The Bertz CT molecular complexity index is 735. The van der Waals surface area contributed by atoms with Crippen LogP contribution in [0.1, 0.15) is 20.3 Å². The summed E-state index contributed by atoms with van der Waals surface area (Å²) in [7, 11) is 0. The van der Waals surface area contributed by atoms with Gasteiger partial charge in [-0.3, -0.25) is 15.4 Å². The number of fused-ring (bicyclic) bond motifs is 1. The predicted molar refractivity (Wildman–Crippen MR) is 87.2 cm³/mol. The zero-order valence-corrected chi connectivity index (χ0v) is 13.6. The van der Waals surface area contributed by atoms with Crippen LogP contribution in [0.4, 0.5) is 11.6 Å². The summed E-state index contributed by atoms with van der Waals surface area (Å²) in [6, 6.07) is 3.46. The fourth-order valence-corrected chi connectivity index (χ4v) is 2.39. The van der Waals surface area contributed by atoms with Crippen LogP contribution in [0.15, 0.2) is 18.2 Å². The Morgan fingerprint density at radius 2 is 1.96 bits per heavy atom. The number of nitrogens with one attached hydrogen (secondary N) is 1. The second kappa shape index (κ2) is 7.68. The number of non-ortho nitro benzene ring substituents is 1. The second-order valence-electron chi connectivity index (χ2n) is 5.23. The number of nitro groups is 1. The molecule has 0 fully saturated rings. The Kier molecular flexibility index (Phi) is 5.64. The first-order chi connectivity index (χ1) is 11.5. The molecular weight excluding hydrogens is 316 g/mol. The molecule has 10 nitrogen and oxygen atoms in total. The number of benzene rings is 1. The Hall–Kier alpha value is -2.75. The van der Waals surface area contributed by atoms with E-state index in [0.717, 1.165) is 32.1 Å². The molecule has 0 aliphatic carbocycles. The van der Waals surface area contributed by atoms with Crippen molar-refractivity contribution in [3.8, 4) is 0 Å². The number of nitrogens with zero attached hydrogens (tertiary/aromatic N) is 5. The van der Waals surface area contributed by atoms with Gasteiger partial charge in [-0.15, -0.1) is 0 Å². The monoisotopic (exact) mass is 336 g/mol. The van der Waals surface area contributed by atoms with Gasteiger partial charge in [0.05, 0.1) is 17.5 Å². The maximum atomic E-state index is 12.3. The summed E-state index contributed by atoms with van der Waals surface area (Å²) in [6.07, 6.45) is 0.792. The molecule has 0 unspecified atom stereocenters. The van der Waals surface area contributed by atoms with Crippen molar-refractivity contribution < 1.29 is 14.5 Å². The molecule has 2 aromatic rings. The minimum Gasteiger partial charge on any atom is -0.739 e. The van der Waals surface area contributed by atoms with Gasteiger partial charge in [0.2, 0.25) is 5.10 Å². The molecule has 1 aromatic carbocycles. The van der Waals surface area contributed by atoms with Crippen LogP contribution in [0.3, 0.4) is 0 Å². The van der Waals surface area contributed by atoms with Crippen molar-refractivity contribution >= 4 is 22.7 Å². The van der Waals surface area contributed by atoms with E-state index in [2.05, 4.69) is 29.2 Å². The van der Waals surface area contributed by atoms with Crippen LogP contribution in [-0.4, -0.2) is 41.1 Å². The standard InChI is InChI=1S/C14H20N6O4/c1-3-17(4-2)9-5-8-15-14-16-19(22)13-10-11(20(23)24)6-7-12(13)18(14)21/h6-7,10H,3-5,8-9H2,1-2H3,(H,15,16). The number of hydrogen-bond acceptors (Lipinski definition) is 7. The van der Waals surface area contributed by atoms with Crippen molar-refractivity contribution in [1.29, 1.82) is 0 Å². The van der Waals surface area contributed by atoms with Gasteiger partial charge in [-0.2, -0.15) is 0 Å². The maximum Gasteiger partial charge on any atom is 0.460 e. The minimum atomic E-state index is -0.631. The van der Waals surface area contributed by atoms with Crippen molar-refractivity contribution in [3.05, 3.63) is 38.7 Å². The molecule has 0 radical (unpaired) electrons. The number of anilines is 1. The van der Waals surface area contributed by atoms with E-state index in [1.165, 1.54) is 12.1 Å². The van der Waals surface area contributed by atoms with Crippen LogP contribution in [0, 0.1) is 20.5 Å². The van der Waals surface area contributed by atoms with Crippen LogP contribution in [0.2, 0.25) is 0 Å². The molecule has 1 N–H and O–H groups in total. The first-order valence-corrected chi connectivity index (χ1v) is 7.75. The summed E-state index contributed by atoms with van der Waals surface area (Å²) in [5.41, 5.74) is -0.390. The molecule has 10 heteroatoms. The average Bonchev–Trinajstić information content (AvgIpc) is 2.58. The van der Waals surface area contributed by atoms with E-state index < -0.39 is 4.92 Å². The molecule has 0 saturated carbocycles. The molecule has 0 spiro atoms. The highest BCUT2D eigenvalue weighted by molar-refractivity contribution is 5.71. The van der Waals surface area contributed by atoms with E-state index >= 15 is 0 Å². The summed E-state index contributed by atoms with van der Waals surface area (Å²) in [5.74, 6) is -0.120. The van der Waals surface area contributed by atoms with Crippen molar-refractivity contribution in [3.63, 3.8) is 0 Å². The lowest BCUT2D eigenvalue weighted by atomic mass is 10.3. The Morgan fingerprint density at radius 3 is 2.58 bits per heavy atom. The van der Waals surface area contributed by atoms with Crippen LogP contribution in [-0.2, 0) is 0 Å². The van der Waals surface area contributed by atoms with Crippen molar-refractivity contribution in [1.82, 2.24) is 10.00 Å². The minimum absolute atomic E-state index is 0.0249. The van der Waals surface area contributed by atoms with Crippen LogP contribution in [0.25, 0.3) is 11.0 Å². The van der Waals surface area contributed by atoms with Crippen molar-refractivity contribution in [2.24, 2.45) is 0 Å². The largest absolute Gasteiger partial charge is 0.739 e. The molecule has 2 rings (SSSR count). The maximum absolute atomic E-state index is 12.3. The molecule has 130 valence electrons. The highest BCUT2D eigenvalue weighted by Crippen LogP contribution is 2.16. The normalized spacial score (nSPS) is 11.1. The van der Waals surface area contributed by atoms with Gasteiger partial charge >= 0.3 is 11.5 Å². The van der Waals surface area contributed by atoms with Gasteiger partial charge in [0.1, 0.15) is 0 Å². The third-order valence-corrected chi connectivity index (χ3v) is 3.80. The smallest absolute Gasteiger partial charge is 0.460 e. The molecular formula is C14H20N6O4. The van der Waals surface area contributed by atoms with Gasteiger partial charge in [0.25, 0.3) is 5.69 Å². The van der Waals surface area contributed by atoms with E-state index in [0.29, 0.717) is 11.3 Å². The van der Waals surface area contributed by atoms with Crippen LogP contribution in [0.5, 0.6) is 0 Å². The van der Waals surface area contributed by atoms with Crippen LogP contribution < -0.4 is 14.9 Å². The zero-order valence-electron chi connectivity index (χ0n) is 13.6. The first kappa shape index (κ1) is 17.6. The SMILES string of the molecule is CCN(CC)CCCNc1n[n+]([O-])c2cc([N+](=O)[O-])ccc2[n+]1[O-]. The number of nitro benzene ring substituents is 1. The zero-order chi connectivity index (χ0) is 17.7. The third kappa shape index (κ3) is 3.77. The van der Waals surface area contributed by atoms with Crippen LogP contribution >= 0.6 is 0 Å². The lowest BCUT2D eigenvalue weighted by molar-refractivity contribution is -0.672. The van der Waals surface area contributed by atoms with E-state index in [-0.39, 0.29) is 27.5 Å². The van der Waals surface area contributed by atoms with Gasteiger partial charge in [0, 0.05) is 17.5 Å². The Labute approximate surface area is 138 Å². The molecule has 0 aliphatic rings.